The molecule has 0 saturated carbocycles. The van der Waals surface area contributed by atoms with E-state index in [1.54, 1.807) is 19.2 Å². The second-order valence-electron chi connectivity index (χ2n) is 4.92. The van der Waals surface area contributed by atoms with E-state index in [0.717, 1.165) is 16.9 Å². The molecule has 1 atom stereocenters. The molecular formula is C17H19F2NO. The van der Waals surface area contributed by atoms with Gasteiger partial charge in [-0.1, -0.05) is 36.4 Å². The zero-order valence-electron chi connectivity index (χ0n) is 12.1. The number of methoxy groups -OCH3 is 1. The molecule has 0 spiro atoms. The predicted octanol–water partition coefficient (Wildman–Crippen LogP) is 4.48. The summed E-state index contributed by atoms with van der Waals surface area (Å²) in [4.78, 5) is 0. The molecule has 0 amide bonds. The van der Waals surface area contributed by atoms with Crippen LogP contribution in [0.15, 0.2) is 48.5 Å². The van der Waals surface area contributed by atoms with Crippen molar-refractivity contribution in [2.24, 2.45) is 0 Å². The molecule has 0 aliphatic rings. The molecular weight excluding hydrogens is 272 g/mol. The van der Waals surface area contributed by atoms with Crippen molar-refractivity contribution in [3.05, 3.63) is 65.2 Å². The Balaban J connectivity index is 1.92. The average Bonchev–Trinajstić information content (AvgIpc) is 2.53. The standard InChI is InChI=1S/C17H19F2NO/c1-12(14-7-9-16(21-2)10-8-14)20-11-13-3-5-15(6-4-13)17(18)19/h3-10,12,17,20H,11H2,1-2H3/t12-/m0/s1. The van der Waals surface area contributed by atoms with Crippen LogP contribution in [0, 0.1) is 0 Å². The molecule has 2 aromatic carbocycles. The van der Waals surface area contributed by atoms with Gasteiger partial charge < -0.3 is 10.1 Å². The third-order valence-corrected chi connectivity index (χ3v) is 3.46. The number of benzene rings is 2. The summed E-state index contributed by atoms with van der Waals surface area (Å²) in [5.41, 5.74) is 2.20. The lowest BCUT2D eigenvalue weighted by molar-refractivity contribution is 0.151. The average molecular weight is 291 g/mol. The van der Waals surface area contributed by atoms with Gasteiger partial charge in [0.1, 0.15) is 5.75 Å². The van der Waals surface area contributed by atoms with E-state index in [2.05, 4.69) is 12.2 Å². The Hall–Kier alpha value is -1.94. The van der Waals surface area contributed by atoms with Crippen LogP contribution in [0.3, 0.4) is 0 Å². The molecule has 2 aromatic rings. The van der Waals surface area contributed by atoms with Gasteiger partial charge in [-0.2, -0.15) is 0 Å². The summed E-state index contributed by atoms with van der Waals surface area (Å²) in [6.45, 7) is 2.70. The van der Waals surface area contributed by atoms with Gasteiger partial charge in [0.25, 0.3) is 6.43 Å². The topological polar surface area (TPSA) is 21.3 Å². The van der Waals surface area contributed by atoms with Gasteiger partial charge in [-0.15, -0.1) is 0 Å². The summed E-state index contributed by atoms with van der Waals surface area (Å²) in [5, 5.41) is 3.37. The van der Waals surface area contributed by atoms with Crippen LogP contribution in [0.25, 0.3) is 0 Å². The van der Waals surface area contributed by atoms with E-state index in [1.807, 2.05) is 24.3 Å². The van der Waals surface area contributed by atoms with Crippen LogP contribution in [0.4, 0.5) is 8.78 Å². The molecule has 0 aliphatic carbocycles. The summed E-state index contributed by atoms with van der Waals surface area (Å²) in [7, 11) is 1.64. The first-order valence-corrected chi connectivity index (χ1v) is 6.84. The molecule has 0 heterocycles. The van der Waals surface area contributed by atoms with Crippen molar-refractivity contribution in [2.75, 3.05) is 7.11 Å². The van der Waals surface area contributed by atoms with Gasteiger partial charge in [0, 0.05) is 18.2 Å². The Morgan fingerprint density at radius 2 is 1.52 bits per heavy atom. The quantitative estimate of drug-likeness (QED) is 0.847. The zero-order valence-corrected chi connectivity index (χ0v) is 12.1. The maximum absolute atomic E-state index is 12.5. The van der Waals surface area contributed by atoms with Crippen molar-refractivity contribution in [3.8, 4) is 5.75 Å². The highest BCUT2D eigenvalue weighted by Gasteiger charge is 2.07. The Bertz CT molecular complexity index is 552. The first-order valence-electron chi connectivity index (χ1n) is 6.84. The van der Waals surface area contributed by atoms with Crippen LogP contribution in [0.2, 0.25) is 0 Å². The molecule has 0 bridgehead atoms. The SMILES string of the molecule is COc1ccc([C@H](C)NCc2ccc(C(F)F)cc2)cc1. The third kappa shape index (κ3) is 4.26. The van der Waals surface area contributed by atoms with Crippen molar-refractivity contribution in [2.45, 2.75) is 25.9 Å². The second-order valence-corrected chi connectivity index (χ2v) is 4.92. The molecule has 0 unspecified atom stereocenters. The summed E-state index contributed by atoms with van der Waals surface area (Å²) in [5.74, 6) is 0.827. The van der Waals surface area contributed by atoms with E-state index in [1.165, 1.54) is 12.1 Å². The Labute approximate surface area is 123 Å². The van der Waals surface area contributed by atoms with Crippen LogP contribution in [-0.2, 0) is 6.54 Å². The van der Waals surface area contributed by atoms with E-state index in [-0.39, 0.29) is 11.6 Å². The summed E-state index contributed by atoms with van der Waals surface area (Å²) in [6, 6.07) is 14.4. The highest BCUT2D eigenvalue weighted by Crippen LogP contribution is 2.20. The van der Waals surface area contributed by atoms with Crippen LogP contribution in [0.5, 0.6) is 5.75 Å². The number of halogens is 2. The molecule has 21 heavy (non-hydrogen) atoms. The lowest BCUT2D eigenvalue weighted by Gasteiger charge is -2.15. The third-order valence-electron chi connectivity index (χ3n) is 3.46. The predicted molar refractivity (Wildman–Crippen MR) is 79.6 cm³/mol. The van der Waals surface area contributed by atoms with Crippen molar-refractivity contribution in [1.29, 1.82) is 0 Å². The molecule has 4 heteroatoms. The normalized spacial score (nSPS) is 12.4. The Morgan fingerprint density at radius 1 is 0.952 bits per heavy atom. The number of hydrogen-bond donors (Lipinski definition) is 1. The maximum Gasteiger partial charge on any atom is 0.263 e. The van der Waals surface area contributed by atoms with Crippen LogP contribution in [0.1, 0.15) is 36.1 Å². The van der Waals surface area contributed by atoms with Gasteiger partial charge in [-0.25, -0.2) is 8.78 Å². The minimum atomic E-state index is -2.41. The fourth-order valence-electron chi connectivity index (χ4n) is 2.06. The summed E-state index contributed by atoms with van der Waals surface area (Å²) < 4.78 is 30.1. The minimum Gasteiger partial charge on any atom is -0.497 e. The lowest BCUT2D eigenvalue weighted by atomic mass is 10.1. The maximum atomic E-state index is 12.5. The fourth-order valence-corrected chi connectivity index (χ4v) is 2.06. The highest BCUT2D eigenvalue weighted by atomic mass is 19.3. The van der Waals surface area contributed by atoms with Crippen molar-refractivity contribution < 1.29 is 13.5 Å². The van der Waals surface area contributed by atoms with Crippen LogP contribution >= 0.6 is 0 Å². The van der Waals surface area contributed by atoms with E-state index in [4.69, 9.17) is 4.74 Å². The van der Waals surface area contributed by atoms with Gasteiger partial charge in [-0.05, 0) is 30.2 Å². The number of nitrogens with one attached hydrogen (secondary N) is 1. The molecule has 0 radical (unpaired) electrons. The Kier molecular flexibility index (Phi) is 5.28. The monoisotopic (exact) mass is 291 g/mol. The number of rotatable bonds is 6. The van der Waals surface area contributed by atoms with E-state index >= 15 is 0 Å². The Morgan fingerprint density at radius 3 is 2.05 bits per heavy atom. The lowest BCUT2D eigenvalue weighted by Crippen LogP contribution is -2.18. The first-order chi connectivity index (χ1) is 10.1. The minimum absolute atomic E-state index is 0.0574. The van der Waals surface area contributed by atoms with Gasteiger partial charge in [0.2, 0.25) is 0 Å². The van der Waals surface area contributed by atoms with Crippen molar-refractivity contribution in [1.82, 2.24) is 5.32 Å². The van der Waals surface area contributed by atoms with Gasteiger partial charge >= 0.3 is 0 Å². The molecule has 112 valence electrons. The largest absolute Gasteiger partial charge is 0.497 e. The molecule has 0 aromatic heterocycles. The molecule has 1 N–H and O–H groups in total. The van der Waals surface area contributed by atoms with E-state index in [9.17, 15) is 8.78 Å². The van der Waals surface area contributed by atoms with Gasteiger partial charge in [-0.3, -0.25) is 0 Å². The van der Waals surface area contributed by atoms with Crippen LogP contribution < -0.4 is 10.1 Å². The smallest absolute Gasteiger partial charge is 0.263 e. The highest BCUT2D eigenvalue weighted by molar-refractivity contribution is 5.29. The van der Waals surface area contributed by atoms with Crippen molar-refractivity contribution in [3.63, 3.8) is 0 Å². The van der Waals surface area contributed by atoms with Crippen molar-refractivity contribution >= 4 is 0 Å². The zero-order chi connectivity index (χ0) is 15.2. The molecule has 0 aliphatic heterocycles. The molecule has 2 nitrogen and oxygen atoms in total. The molecule has 2 rings (SSSR count). The molecule has 0 fully saturated rings. The van der Waals surface area contributed by atoms with E-state index in [0.29, 0.717) is 6.54 Å². The number of alkyl halides is 2. The first kappa shape index (κ1) is 15.4. The fraction of sp³-hybridized carbons (Fsp3) is 0.294. The van der Waals surface area contributed by atoms with Gasteiger partial charge in [0.05, 0.1) is 7.11 Å². The van der Waals surface area contributed by atoms with Crippen LogP contribution in [-0.4, -0.2) is 7.11 Å². The van der Waals surface area contributed by atoms with E-state index < -0.39 is 6.43 Å². The van der Waals surface area contributed by atoms with Gasteiger partial charge in [0.15, 0.2) is 0 Å². The number of ether oxygens (including phenoxy) is 1. The second kappa shape index (κ2) is 7.18. The summed E-state index contributed by atoms with van der Waals surface area (Å²) >= 11 is 0. The number of hydrogen-bond acceptors (Lipinski definition) is 2. The molecule has 0 saturated heterocycles. The summed E-state index contributed by atoms with van der Waals surface area (Å²) in [6.07, 6.45) is -2.41.